The average molecular weight is 333 g/mol. The standard InChI is InChI=1S/C22H40N2/c1-19(2)15-7-9-21(5,13-15)17(19)23-11-12-24-18-20(3,4)16-8-10-22(18,6)14-16/h15-18,23-24H,7-14H2,1-6H3. The van der Waals surface area contributed by atoms with Gasteiger partial charge in [0.1, 0.15) is 0 Å². The minimum absolute atomic E-state index is 0.477. The highest BCUT2D eigenvalue weighted by molar-refractivity contribution is 5.13. The third kappa shape index (κ3) is 2.28. The van der Waals surface area contributed by atoms with Gasteiger partial charge in [-0.25, -0.2) is 0 Å². The second-order valence-electron chi connectivity index (χ2n) is 11.6. The first-order valence-electron chi connectivity index (χ1n) is 10.6. The van der Waals surface area contributed by atoms with Crippen molar-refractivity contribution in [3.63, 3.8) is 0 Å². The molecule has 6 atom stereocenters. The summed E-state index contributed by atoms with van der Waals surface area (Å²) in [6, 6.07) is 1.41. The third-order valence-corrected chi connectivity index (χ3v) is 9.36. The van der Waals surface area contributed by atoms with Gasteiger partial charge in [-0.2, -0.15) is 0 Å². The van der Waals surface area contributed by atoms with Crippen LogP contribution >= 0.6 is 0 Å². The number of fused-ring (bicyclic) bond motifs is 4. The van der Waals surface area contributed by atoms with Crippen LogP contribution in [0.25, 0.3) is 0 Å². The van der Waals surface area contributed by atoms with Crippen molar-refractivity contribution in [1.82, 2.24) is 10.6 Å². The SMILES string of the molecule is CC12CCC(C1)C(C)(C)C2NCCNC1C2(C)CCC(C2)C1(C)C. The molecule has 2 nitrogen and oxygen atoms in total. The molecule has 6 unspecified atom stereocenters. The molecule has 0 aliphatic heterocycles. The van der Waals surface area contributed by atoms with E-state index in [1.807, 2.05) is 0 Å². The molecule has 2 heteroatoms. The van der Waals surface area contributed by atoms with Crippen molar-refractivity contribution in [2.75, 3.05) is 13.1 Å². The zero-order valence-corrected chi connectivity index (χ0v) is 17.0. The third-order valence-electron chi connectivity index (χ3n) is 9.36. The van der Waals surface area contributed by atoms with Crippen LogP contribution in [-0.2, 0) is 0 Å². The molecular formula is C22H40N2. The van der Waals surface area contributed by atoms with E-state index in [2.05, 4.69) is 52.2 Å². The summed E-state index contributed by atoms with van der Waals surface area (Å²) in [5.74, 6) is 1.88. The molecule has 4 rings (SSSR count). The van der Waals surface area contributed by atoms with Crippen LogP contribution in [-0.4, -0.2) is 25.2 Å². The first kappa shape index (κ1) is 17.3. The maximum absolute atomic E-state index is 3.99. The summed E-state index contributed by atoms with van der Waals surface area (Å²) in [7, 11) is 0. The summed E-state index contributed by atoms with van der Waals surface area (Å²) in [5.41, 5.74) is 2.05. The Labute approximate surface area is 149 Å². The molecule has 4 bridgehead atoms. The summed E-state index contributed by atoms with van der Waals surface area (Å²) < 4.78 is 0. The molecule has 0 spiro atoms. The van der Waals surface area contributed by atoms with Crippen molar-refractivity contribution >= 4 is 0 Å². The molecule has 24 heavy (non-hydrogen) atoms. The van der Waals surface area contributed by atoms with E-state index in [0.29, 0.717) is 33.7 Å². The van der Waals surface area contributed by atoms with Crippen molar-refractivity contribution < 1.29 is 0 Å². The Morgan fingerprint density at radius 2 is 1.04 bits per heavy atom. The summed E-state index contributed by atoms with van der Waals surface area (Å²) in [5, 5.41) is 7.98. The first-order chi connectivity index (χ1) is 11.1. The van der Waals surface area contributed by atoms with Gasteiger partial charge in [-0.3, -0.25) is 0 Å². The topological polar surface area (TPSA) is 24.1 Å². The van der Waals surface area contributed by atoms with E-state index in [4.69, 9.17) is 0 Å². The van der Waals surface area contributed by atoms with Crippen LogP contribution < -0.4 is 10.6 Å². The van der Waals surface area contributed by atoms with Crippen LogP contribution in [0.3, 0.4) is 0 Å². The molecule has 4 aliphatic rings. The minimum atomic E-state index is 0.477. The van der Waals surface area contributed by atoms with E-state index in [0.717, 1.165) is 24.9 Å². The Balaban J connectivity index is 1.33. The van der Waals surface area contributed by atoms with Gasteiger partial charge in [0.25, 0.3) is 0 Å². The van der Waals surface area contributed by atoms with E-state index >= 15 is 0 Å². The molecule has 0 radical (unpaired) electrons. The van der Waals surface area contributed by atoms with Crippen molar-refractivity contribution in [3.8, 4) is 0 Å². The predicted octanol–water partition coefficient (Wildman–Crippen LogP) is 4.60. The molecule has 0 saturated heterocycles. The zero-order valence-electron chi connectivity index (χ0n) is 17.0. The Bertz CT molecular complexity index is 455. The second kappa shape index (κ2) is 5.22. The number of hydrogen-bond acceptors (Lipinski definition) is 2. The average Bonchev–Trinajstić information content (AvgIpc) is 3.14. The highest BCUT2D eigenvalue weighted by atomic mass is 15.0. The zero-order chi connectivity index (χ0) is 17.4. The van der Waals surface area contributed by atoms with Gasteiger partial charge in [-0.05, 0) is 72.0 Å². The summed E-state index contributed by atoms with van der Waals surface area (Å²) in [6.07, 6.45) is 8.66. The van der Waals surface area contributed by atoms with Gasteiger partial charge in [0.05, 0.1) is 0 Å². The van der Waals surface area contributed by atoms with Gasteiger partial charge in [-0.15, -0.1) is 0 Å². The minimum Gasteiger partial charge on any atom is -0.312 e. The van der Waals surface area contributed by atoms with Crippen molar-refractivity contribution in [3.05, 3.63) is 0 Å². The Morgan fingerprint density at radius 3 is 1.33 bits per heavy atom. The lowest BCUT2D eigenvalue weighted by molar-refractivity contribution is 0.0978. The lowest BCUT2D eigenvalue weighted by atomic mass is 9.68. The molecule has 4 saturated carbocycles. The van der Waals surface area contributed by atoms with Gasteiger partial charge in [0.2, 0.25) is 0 Å². The number of nitrogens with one attached hydrogen (secondary N) is 2. The predicted molar refractivity (Wildman–Crippen MR) is 102 cm³/mol. The molecule has 4 aliphatic carbocycles. The van der Waals surface area contributed by atoms with Crippen molar-refractivity contribution in [2.45, 2.75) is 92.2 Å². The van der Waals surface area contributed by atoms with Crippen LogP contribution in [0, 0.1) is 33.5 Å². The number of rotatable bonds is 5. The van der Waals surface area contributed by atoms with E-state index in [-0.39, 0.29) is 0 Å². The largest absolute Gasteiger partial charge is 0.312 e. The Hall–Kier alpha value is -0.0800. The van der Waals surface area contributed by atoms with Gasteiger partial charge < -0.3 is 10.6 Å². The van der Waals surface area contributed by atoms with Crippen LogP contribution in [0.1, 0.15) is 80.1 Å². The fraction of sp³-hybridized carbons (Fsp3) is 1.00. The maximum atomic E-state index is 3.99. The molecular weight excluding hydrogens is 292 g/mol. The van der Waals surface area contributed by atoms with Gasteiger partial charge in [-0.1, -0.05) is 41.5 Å². The number of hydrogen-bond donors (Lipinski definition) is 2. The van der Waals surface area contributed by atoms with E-state index in [1.54, 1.807) is 0 Å². The molecule has 2 N–H and O–H groups in total. The van der Waals surface area contributed by atoms with Crippen LogP contribution in [0.4, 0.5) is 0 Å². The molecule has 0 aromatic heterocycles. The summed E-state index contributed by atoms with van der Waals surface area (Å²) in [4.78, 5) is 0. The fourth-order valence-corrected chi connectivity index (χ4v) is 8.06. The highest BCUT2D eigenvalue weighted by Gasteiger charge is 2.60. The fourth-order valence-electron chi connectivity index (χ4n) is 8.06. The van der Waals surface area contributed by atoms with E-state index < -0.39 is 0 Å². The van der Waals surface area contributed by atoms with Gasteiger partial charge >= 0.3 is 0 Å². The van der Waals surface area contributed by atoms with Gasteiger partial charge in [0.15, 0.2) is 0 Å². The van der Waals surface area contributed by atoms with Crippen LogP contribution in [0.15, 0.2) is 0 Å². The highest BCUT2D eigenvalue weighted by Crippen LogP contribution is 2.63. The van der Waals surface area contributed by atoms with E-state index in [9.17, 15) is 0 Å². The second-order valence-corrected chi connectivity index (χ2v) is 11.6. The molecule has 0 amide bonds. The Morgan fingerprint density at radius 1 is 0.667 bits per heavy atom. The maximum Gasteiger partial charge on any atom is 0.0175 e. The smallest absolute Gasteiger partial charge is 0.0175 e. The molecule has 0 aromatic rings. The monoisotopic (exact) mass is 332 g/mol. The molecule has 0 heterocycles. The summed E-state index contributed by atoms with van der Waals surface area (Å²) >= 11 is 0. The summed E-state index contributed by atoms with van der Waals surface area (Å²) in [6.45, 7) is 17.4. The van der Waals surface area contributed by atoms with Crippen LogP contribution in [0.5, 0.6) is 0 Å². The molecule has 0 aromatic carbocycles. The van der Waals surface area contributed by atoms with Crippen LogP contribution in [0.2, 0.25) is 0 Å². The molecule has 4 fully saturated rings. The van der Waals surface area contributed by atoms with Crippen molar-refractivity contribution in [1.29, 1.82) is 0 Å². The first-order valence-corrected chi connectivity index (χ1v) is 10.6. The quantitative estimate of drug-likeness (QED) is 0.719. The van der Waals surface area contributed by atoms with E-state index in [1.165, 1.54) is 38.5 Å². The Kier molecular flexibility index (Phi) is 3.77. The van der Waals surface area contributed by atoms with Gasteiger partial charge in [0, 0.05) is 25.2 Å². The normalized spacial score (nSPS) is 50.8. The lowest BCUT2D eigenvalue weighted by Gasteiger charge is -2.45. The molecule has 138 valence electrons. The lowest BCUT2D eigenvalue weighted by Crippen LogP contribution is -2.54. The van der Waals surface area contributed by atoms with Crippen molar-refractivity contribution in [2.24, 2.45) is 33.5 Å².